The lowest BCUT2D eigenvalue weighted by atomic mass is 10.2. The number of hydrogen-bond donors (Lipinski definition) is 1. The van der Waals surface area contributed by atoms with Crippen molar-refractivity contribution in [3.8, 4) is 11.5 Å². The molecule has 1 amide bonds. The summed E-state index contributed by atoms with van der Waals surface area (Å²) in [5, 5.41) is 3.19. The molecule has 1 aliphatic rings. The first kappa shape index (κ1) is 22.5. The summed E-state index contributed by atoms with van der Waals surface area (Å²) in [6, 6.07) is 9.91. The molecular formula is C22H25N3O5S2. The Balaban J connectivity index is 1.62. The van der Waals surface area contributed by atoms with Gasteiger partial charge in [0, 0.05) is 18.7 Å². The van der Waals surface area contributed by atoms with Gasteiger partial charge < -0.3 is 9.47 Å². The summed E-state index contributed by atoms with van der Waals surface area (Å²) >= 11 is 1.32. The molecular weight excluding hydrogens is 450 g/mol. The lowest BCUT2D eigenvalue weighted by molar-refractivity contribution is 0.102. The van der Waals surface area contributed by atoms with E-state index in [2.05, 4.69) is 10.3 Å². The highest BCUT2D eigenvalue weighted by Gasteiger charge is 2.29. The highest BCUT2D eigenvalue weighted by atomic mass is 32.2. The summed E-state index contributed by atoms with van der Waals surface area (Å²) in [5.41, 5.74) is 0.960. The number of fused-ring (bicyclic) bond motifs is 1. The highest BCUT2D eigenvalue weighted by molar-refractivity contribution is 7.89. The summed E-state index contributed by atoms with van der Waals surface area (Å²) in [6.07, 6.45) is 3.67. The van der Waals surface area contributed by atoms with E-state index in [1.165, 1.54) is 34.9 Å². The predicted molar refractivity (Wildman–Crippen MR) is 124 cm³/mol. The summed E-state index contributed by atoms with van der Waals surface area (Å²) in [7, 11) is -0.772. The second-order valence-corrected chi connectivity index (χ2v) is 10.4. The minimum atomic E-state index is -3.78. The number of methoxy groups -OCH3 is 2. The number of carbonyl (C=O) groups is 1. The van der Waals surface area contributed by atoms with Crippen LogP contribution in [-0.2, 0) is 10.0 Å². The third kappa shape index (κ3) is 4.57. The van der Waals surface area contributed by atoms with Crippen LogP contribution in [0.25, 0.3) is 10.2 Å². The maximum absolute atomic E-state index is 13.3. The zero-order valence-electron chi connectivity index (χ0n) is 18.0. The number of thiazole rings is 1. The number of ether oxygens (including phenoxy) is 2. The molecule has 0 spiro atoms. The van der Waals surface area contributed by atoms with Crippen molar-refractivity contribution in [2.75, 3.05) is 32.6 Å². The maximum Gasteiger partial charge on any atom is 0.257 e. The monoisotopic (exact) mass is 475 g/mol. The number of aromatic nitrogens is 1. The van der Waals surface area contributed by atoms with E-state index in [1.54, 1.807) is 19.2 Å². The summed E-state index contributed by atoms with van der Waals surface area (Å²) in [5.74, 6) is 0.487. The van der Waals surface area contributed by atoms with Gasteiger partial charge in [0.05, 0.1) is 24.4 Å². The number of hydrogen-bond acceptors (Lipinski definition) is 7. The second kappa shape index (κ2) is 9.43. The highest BCUT2D eigenvalue weighted by Crippen LogP contribution is 2.31. The Labute approximate surface area is 191 Å². The van der Waals surface area contributed by atoms with Gasteiger partial charge in [-0.1, -0.05) is 24.2 Å². The maximum atomic E-state index is 13.3. The first-order valence-corrected chi connectivity index (χ1v) is 12.6. The SMILES string of the molecule is COc1ccc2nc(NC(=O)c3ccc(OC)c(S(=O)(=O)N4CCCCCC4)c3)sc2c1. The molecule has 4 rings (SSSR count). The van der Waals surface area contributed by atoms with Crippen LogP contribution in [0.4, 0.5) is 5.13 Å². The molecule has 0 unspecified atom stereocenters. The summed E-state index contributed by atoms with van der Waals surface area (Å²) in [6.45, 7) is 0.939. The molecule has 10 heteroatoms. The van der Waals surface area contributed by atoms with Crippen molar-refractivity contribution < 1.29 is 22.7 Å². The van der Waals surface area contributed by atoms with Gasteiger partial charge in [-0.15, -0.1) is 0 Å². The van der Waals surface area contributed by atoms with Crippen LogP contribution >= 0.6 is 11.3 Å². The fourth-order valence-electron chi connectivity index (χ4n) is 3.70. The van der Waals surface area contributed by atoms with Gasteiger partial charge in [0.15, 0.2) is 5.13 Å². The first-order chi connectivity index (χ1) is 15.4. The largest absolute Gasteiger partial charge is 0.497 e. The van der Waals surface area contributed by atoms with Gasteiger partial charge in [-0.25, -0.2) is 13.4 Å². The van der Waals surface area contributed by atoms with Gasteiger partial charge in [0.1, 0.15) is 16.4 Å². The fourth-order valence-corrected chi connectivity index (χ4v) is 6.28. The van der Waals surface area contributed by atoms with E-state index < -0.39 is 15.9 Å². The topological polar surface area (TPSA) is 97.8 Å². The number of anilines is 1. The summed E-state index contributed by atoms with van der Waals surface area (Å²) in [4.78, 5) is 17.3. The van der Waals surface area contributed by atoms with Gasteiger partial charge in [0.2, 0.25) is 10.0 Å². The molecule has 170 valence electrons. The van der Waals surface area contributed by atoms with Crippen molar-refractivity contribution in [2.24, 2.45) is 0 Å². The molecule has 0 aliphatic carbocycles. The Morgan fingerprint density at radius 1 is 1.03 bits per heavy atom. The van der Waals surface area contributed by atoms with Crippen molar-refractivity contribution in [1.82, 2.24) is 9.29 Å². The molecule has 1 fully saturated rings. The molecule has 1 N–H and O–H groups in total. The number of amides is 1. The van der Waals surface area contributed by atoms with Crippen LogP contribution in [0, 0.1) is 0 Å². The number of sulfonamides is 1. The Hall–Kier alpha value is -2.69. The molecule has 0 bridgehead atoms. The quantitative estimate of drug-likeness (QED) is 0.576. The molecule has 32 heavy (non-hydrogen) atoms. The second-order valence-electron chi connectivity index (χ2n) is 7.49. The molecule has 0 atom stereocenters. The normalized spacial score (nSPS) is 15.3. The molecule has 1 aromatic heterocycles. The van der Waals surface area contributed by atoms with Crippen molar-refractivity contribution in [2.45, 2.75) is 30.6 Å². The van der Waals surface area contributed by atoms with Crippen molar-refractivity contribution in [3.05, 3.63) is 42.0 Å². The Morgan fingerprint density at radius 2 is 1.78 bits per heavy atom. The number of rotatable bonds is 6. The van der Waals surface area contributed by atoms with Crippen molar-refractivity contribution in [1.29, 1.82) is 0 Å². The van der Waals surface area contributed by atoms with E-state index >= 15 is 0 Å². The molecule has 2 heterocycles. The van der Waals surface area contributed by atoms with Crippen molar-refractivity contribution in [3.63, 3.8) is 0 Å². The smallest absolute Gasteiger partial charge is 0.257 e. The summed E-state index contributed by atoms with van der Waals surface area (Å²) < 4.78 is 39.5. The molecule has 0 radical (unpaired) electrons. The molecule has 2 aromatic carbocycles. The van der Waals surface area contributed by atoms with Crippen LogP contribution in [0.1, 0.15) is 36.0 Å². The molecule has 0 saturated carbocycles. The van der Waals surface area contributed by atoms with Gasteiger partial charge in [0.25, 0.3) is 5.91 Å². The average Bonchev–Trinajstić information content (AvgIpc) is 2.99. The van der Waals surface area contributed by atoms with Crippen LogP contribution in [-0.4, -0.2) is 50.9 Å². The Kier molecular flexibility index (Phi) is 6.63. The third-order valence-corrected chi connectivity index (χ3v) is 8.28. The predicted octanol–water partition coefficient (Wildman–Crippen LogP) is 4.13. The molecule has 1 aliphatic heterocycles. The van der Waals surface area contributed by atoms with Crippen LogP contribution in [0.15, 0.2) is 41.3 Å². The van der Waals surface area contributed by atoms with E-state index in [4.69, 9.17) is 9.47 Å². The number of nitrogens with zero attached hydrogens (tertiary/aromatic N) is 2. The average molecular weight is 476 g/mol. The standard InChI is InChI=1S/C22H25N3O5S2/c1-29-16-8-9-17-19(14-16)31-22(23-17)24-21(26)15-7-10-18(30-2)20(13-15)32(27,28)25-11-5-3-4-6-12-25/h7-10,13-14H,3-6,11-12H2,1-2H3,(H,23,24,26). The van der Waals surface area contributed by atoms with Crippen LogP contribution in [0.5, 0.6) is 11.5 Å². The zero-order valence-corrected chi connectivity index (χ0v) is 19.6. The Bertz CT molecular complexity index is 1230. The van der Waals surface area contributed by atoms with Crippen molar-refractivity contribution >= 4 is 42.6 Å². The number of benzene rings is 2. The number of nitrogens with one attached hydrogen (secondary N) is 1. The van der Waals surface area contributed by atoms with Gasteiger partial charge in [-0.3, -0.25) is 10.1 Å². The molecule has 1 saturated heterocycles. The van der Waals surface area contributed by atoms with Gasteiger partial charge in [-0.2, -0.15) is 4.31 Å². The lowest BCUT2D eigenvalue weighted by Gasteiger charge is -2.21. The Morgan fingerprint density at radius 3 is 2.47 bits per heavy atom. The third-order valence-electron chi connectivity index (χ3n) is 5.42. The fraction of sp³-hybridized carbons (Fsp3) is 0.364. The van der Waals surface area contributed by atoms with Gasteiger partial charge in [-0.05, 0) is 49.2 Å². The van der Waals surface area contributed by atoms with E-state index in [0.29, 0.717) is 24.0 Å². The molecule has 3 aromatic rings. The number of carbonyl (C=O) groups excluding carboxylic acids is 1. The lowest BCUT2D eigenvalue weighted by Crippen LogP contribution is -2.32. The van der Waals surface area contributed by atoms with Crippen LogP contribution in [0.2, 0.25) is 0 Å². The van der Waals surface area contributed by atoms with Crippen LogP contribution in [0.3, 0.4) is 0 Å². The minimum absolute atomic E-state index is 0.00332. The van der Waals surface area contributed by atoms with E-state index in [0.717, 1.165) is 35.9 Å². The zero-order chi connectivity index (χ0) is 22.7. The van der Waals surface area contributed by atoms with E-state index in [-0.39, 0.29) is 16.2 Å². The van der Waals surface area contributed by atoms with Crippen LogP contribution < -0.4 is 14.8 Å². The minimum Gasteiger partial charge on any atom is -0.497 e. The first-order valence-electron chi connectivity index (χ1n) is 10.4. The van der Waals surface area contributed by atoms with E-state index in [1.807, 2.05) is 12.1 Å². The molecule has 8 nitrogen and oxygen atoms in total. The van der Waals surface area contributed by atoms with Gasteiger partial charge >= 0.3 is 0 Å². The van der Waals surface area contributed by atoms with E-state index in [9.17, 15) is 13.2 Å².